The van der Waals surface area contributed by atoms with Crippen molar-refractivity contribution < 1.29 is 9.53 Å². The topological polar surface area (TPSA) is 50.4 Å². The Bertz CT molecular complexity index is 988. The lowest BCUT2D eigenvalue weighted by Gasteiger charge is -2.13. The summed E-state index contributed by atoms with van der Waals surface area (Å²) in [5.74, 6) is 0.863. The normalized spacial score (nSPS) is 11.4. The first kappa shape index (κ1) is 21.5. The van der Waals surface area contributed by atoms with Gasteiger partial charge in [0.05, 0.1) is 0 Å². The van der Waals surface area contributed by atoms with Gasteiger partial charge in [-0.2, -0.15) is 0 Å². The molecule has 0 saturated heterocycles. The van der Waals surface area contributed by atoms with Gasteiger partial charge >= 0.3 is 0 Å². The standard InChI is InChI=1S/C25H26N2O2S/c1-3-18(2)20-12-14-22(15-13-20)26-25(30)27-24(28)21-10-7-11-23(16-21)29-17-19-8-5-4-6-9-19/h4-16,18H,3,17H2,1-2H3,(H2,26,27,28,30)/t18-/m0/s1. The monoisotopic (exact) mass is 418 g/mol. The number of ether oxygens (including phenoxy) is 1. The lowest BCUT2D eigenvalue weighted by atomic mass is 9.99. The third-order valence-corrected chi connectivity index (χ3v) is 5.13. The van der Waals surface area contributed by atoms with Crippen LogP contribution in [0.25, 0.3) is 0 Å². The third kappa shape index (κ3) is 6.16. The molecular formula is C25H26N2O2S. The van der Waals surface area contributed by atoms with E-state index in [-0.39, 0.29) is 11.0 Å². The van der Waals surface area contributed by atoms with Crippen LogP contribution in [0.5, 0.6) is 5.75 Å². The molecule has 0 heterocycles. The van der Waals surface area contributed by atoms with Crippen molar-refractivity contribution in [3.8, 4) is 5.75 Å². The van der Waals surface area contributed by atoms with E-state index < -0.39 is 0 Å². The summed E-state index contributed by atoms with van der Waals surface area (Å²) in [5.41, 5.74) is 3.67. The number of carbonyl (C=O) groups is 1. The Kier molecular flexibility index (Phi) is 7.57. The maximum absolute atomic E-state index is 12.6. The van der Waals surface area contributed by atoms with Crippen molar-refractivity contribution >= 4 is 28.9 Å². The molecule has 0 spiro atoms. The molecule has 0 aliphatic rings. The minimum absolute atomic E-state index is 0.256. The van der Waals surface area contributed by atoms with Crippen molar-refractivity contribution in [3.63, 3.8) is 0 Å². The molecule has 3 aromatic carbocycles. The van der Waals surface area contributed by atoms with Crippen LogP contribution in [0.4, 0.5) is 5.69 Å². The van der Waals surface area contributed by atoms with Gasteiger partial charge in [-0.05, 0) is 66.0 Å². The molecule has 3 rings (SSSR count). The van der Waals surface area contributed by atoms with Crippen molar-refractivity contribution in [2.75, 3.05) is 5.32 Å². The Labute approximate surface area is 183 Å². The molecule has 30 heavy (non-hydrogen) atoms. The van der Waals surface area contributed by atoms with Gasteiger partial charge in [0.15, 0.2) is 5.11 Å². The predicted octanol–water partition coefficient (Wildman–Crippen LogP) is 5.91. The number of nitrogens with one attached hydrogen (secondary N) is 2. The first-order valence-corrected chi connectivity index (χ1v) is 10.4. The molecule has 0 radical (unpaired) electrons. The highest BCUT2D eigenvalue weighted by Crippen LogP contribution is 2.20. The minimum Gasteiger partial charge on any atom is -0.489 e. The molecule has 0 bridgehead atoms. The van der Waals surface area contributed by atoms with Gasteiger partial charge in [0.25, 0.3) is 5.91 Å². The zero-order chi connectivity index (χ0) is 21.3. The van der Waals surface area contributed by atoms with Crippen LogP contribution >= 0.6 is 12.2 Å². The van der Waals surface area contributed by atoms with Gasteiger partial charge in [-0.1, -0.05) is 62.4 Å². The lowest BCUT2D eigenvalue weighted by molar-refractivity contribution is 0.0977. The summed E-state index contributed by atoms with van der Waals surface area (Å²) in [6, 6.07) is 25.0. The van der Waals surface area contributed by atoms with E-state index in [1.54, 1.807) is 18.2 Å². The van der Waals surface area contributed by atoms with Gasteiger partial charge in [-0.3, -0.25) is 10.1 Å². The number of rotatable bonds is 7. The predicted molar refractivity (Wildman–Crippen MR) is 126 cm³/mol. The highest BCUT2D eigenvalue weighted by atomic mass is 32.1. The number of carbonyl (C=O) groups excluding carboxylic acids is 1. The summed E-state index contributed by atoms with van der Waals surface area (Å²) in [7, 11) is 0. The molecule has 0 aromatic heterocycles. The maximum atomic E-state index is 12.6. The largest absolute Gasteiger partial charge is 0.489 e. The molecule has 1 amide bonds. The van der Waals surface area contributed by atoms with E-state index in [1.807, 2.05) is 48.5 Å². The van der Waals surface area contributed by atoms with Crippen LogP contribution in [0.15, 0.2) is 78.9 Å². The van der Waals surface area contributed by atoms with E-state index in [9.17, 15) is 4.79 Å². The van der Waals surface area contributed by atoms with Crippen molar-refractivity contribution in [3.05, 3.63) is 95.6 Å². The highest BCUT2D eigenvalue weighted by Gasteiger charge is 2.10. The second-order valence-electron chi connectivity index (χ2n) is 7.14. The Morgan fingerprint density at radius 1 is 1.00 bits per heavy atom. The zero-order valence-corrected chi connectivity index (χ0v) is 18.0. The number of anilines is 1. The molecule has 4 nitrogen and oxygen atoms in total. The van der Waals surface area contributed by atoms with Crippen LogP contribution in [0.1, 0.15) is 47.7 Å². The molecule has 0 saturated carbocycles. The van der Waals surface area contributed by atoms with E-state index in [4.69, 9.17) is 17.0 Å². The minimum atomic E-state index is -0.283. The molecule has 0 aliphatic heterocycles. The molecular weight excluding hydrogens is 392 g/mol. The van der Waals surface area contributed by atoms with Gasteiger partial charge < -0.3 is 10.1 Å². The maximum Gasteiger partial charge on any atom is 0.257 e. The summed E-state index contributed by atoms with van der Waals surface area (Å²) >= 11 is 5.29. The smallest absolute Gasteiger partial charge is 0.257 e. The van der Waals surface area contributed by atoms with E-state index in [2.05, 4.69) is 36.6 Å². The molecule has 2 N–H and O–H groups in total. The van der Waals surface area contributed by atoms with E-state index in [0.717, 1.165) is 17.7 Å². The van der Waals surface area contributed by atoms with Gasteiger partial charge in [0.2, 0.25) is 0 Å². The Morgan fingerprint density at radius 2 is 1.73 bits per heavy atom. The molecule has 0 fully saturated rings. The zero-order valence-electron chi connectivity index (χ0n) is 17.2. The van der Waals surface area contributed by atoms with Crippen molar-refractivity contribution in [2.24, 2.45) is 0 Å². The van der Waals surface area contributed by atoms with Crippen LogP contribution in [-0.4, -0.2) is 11.0 Å². The van der Waals surface area contributed by atoms with E-state index in [0.29, 0.717) is 23.8 Å². The molecule has 0 aliphatic carbocycles. The SMILES string of the molecule is CC[C@H](C)c1ccc(NC(=S)NC(=O)c2cccc(OCc3ccccc3)c2)cc1. The fourth-order valence-electron chi connectivity index (χ4n) is 2.94. The van der Waals surface area contributed by atoms with Gasteiger partial charge in [0, 0.05) is 11.3 Å². The second-order valence-corrected chi connectivity index (χ2v) is 7.55. The fourth-order valence-corrected chi connectivity index (χ4v) is 3.15. The fraction of sp³-hybridized carbons (Fsp3) is 0.200. The summed E-state index contributed by atoms with van der Waals surface area (Å²) in [5, 5.41) is 6.03. The first-order valence-electron chi connectivity index (χ1n) is 10.0. The Morgan fingerprint density at radius 3 is 2.43 bits per heavy atom. The van der Waals surface area contributed by atoms with Crippen LogP contribution in [0.2, 0.25) is 0 Å². The number of amides is 1. The molecule has 1 atom stereocenters. The van der Waals surface area contributed by atoms with Gasteiger partial charge in [-0.15, -0.1) is 0 Å². The van der Waals surface area contributed by atoms with Crippen molar-refractivity contribution in [1.82, 2.24) is 5.32 Å². The summed E-state index contributed by atoms with van der Waals surface area (Å²) in [6.07, 6.45) is 1.09. The summed E-state index contributed by atoms with van der Waals surface area (Å²) < 4.78 is 5.79. The molecule has 154 valence electrons. The molecule has 0 unspecified atom stereocenters. The van der Waals surface area contributed by atoms with Crippen LogP contribution in [0.3, 0.4) is 0 Å². The molecule has 3 aromatic rings. The van der Waals surface area contributed by atoms with E-state index >= 15 is 0 Å². The lowest BCUT2D eigenvalue weighted by Crippen LogP contribution is -2.34. The number of hydrogen-bond donors (Lipinski definition) is 2. The van der Waals surface area contributed by atoms with Gasteiger partial charge in [0.1, 0.15) is 12.4 Å². The van der Waals surface area contributed by atoms with Crippen LogP contribution in [-0.2, 0) is 6.61 Å². The van der Waals surface area contributed by atoms with Crippen LogP contribution in [0, 0.1) is 0 Å². The Balaban J connectivity index is 1.55. The summed E-state index contributed by atoms with van der Waals surface area (Å²) in [4.78, 5) is 12.6. The number of thiocarbonyl (C=S) groups is 1. The summed E-state index contributed by atoms with van der Waals surface area (Å²) in [6.45, 7) is 4.81. The highest BCUT2D eigenvalue weighted by molar-refractivity contribution is 7.80. The van der Waals surface area contributed by atoms with Crippen molar-refractivity contribution in [1.29, 1.82) is 0 Å². The van der Waals surface area contributed by atoms with E-state index in [1.165, 1.54) is 5.56 Å². The van der Waals surface area contributed by atoms with Crippen molar-refractivity contribution in [2.45, 2.75) is 32.8 Å². The average molecular weight is 419 g/mol. The van der Waals surface area contributed by atoms with Crippen LogP contribution < -0.4 is 15.4 Å². The molecule has 5 heteroatoms. The average Bonchev–Trinajstić information content (AvgIpc) is 2.78. The quantitative estimate of drug-likeness (QED) is 0.469. The second kappa shape index (κ2) is 10.6. The van der Waals surface area contributed by atoms with Gasteiger partial charge in [-0.25, -0.2) is 0 Å². The third-order valence-electron chi connectivity index (χ3n) is 4.92. The first-order chi connectivity index (χ1) is 14.5. The number of hydrogen-bond acceptors (Lipinski definition) is 3. The number of benzene rings is 3. The Hall–Kier alpha value is -3.18.